The number of carbonyl (C=O) groups excluding carboxylic acids is 2. The van der Waals surface area contributed by atoms with Crippen LogP contribution in [0.1, 0.15) is 63.4 Å². The normalized spacial score (nSPS) is 14.2. The highest BCUT2D eigenvalue weighted by atomic mass is 16.2. The Labute approximate surface area is 196 Å². The minimum absolute atomic E-state index is 0.118. The van der Waals surface area contributed by atoms with Crippen molar-refractivity contribution in [1.82, 2.24) is 9.88 Å². The number of nitrogens with one attached hydrogen (secondary N) is 1. The van der Waals surface area contributed by atoms with Crippen LogP contribution < -0.4 is 5.32 Å². The van der Waals surface area contributed by atoms with Gasteiger partial charge in [-0.05, 0) is 62.1 Å². The molecule has 0 saturated heterocycles. The number of rotatable bonds is 7. The molecule has 0 spiro atoms. The number of allylic oxidation sites excluding steroid dienone is 3. The number of amides is 1. The van der Waals surface area contributed by atoms with Gasteiger partial charge in [-0.15, -0.1) is 0 Å². The lowest BCUT2D eigenvalue weighted by atomic mass is 9.89. The fourth-order valence-electron chi connectivity index (χ4n) is 4.64. The van der Waals surface area contributed by atoms with Crippen molar-refractivity contribution in [1.29, 1.82) is 0 Å². The zero-order chi connectivity index (χ0) is 23.5. The van der Waals surface area contributed by atoms with Gasteiger partial charge in [-0.3, -0.25) is 9.59 Å². The van der Waals surface area contributed by atoms with Gasteiger partial charge in [0.15, 0.2) is 5.78 Å². The van der Waals surface area contributed by atoms with Gasteiger partial charge >= 0.3 is 0 Å². The van der Waals surface area contributed by atoms with Gasteiger partial charge in [0.1, 0.15) is 0 Å². The first-order valence-corrected chi connectivity index (χ1v) is 11.8. The Bertz CT molecular complexity index is 1260. The van der Waals surface area contributed by atoms with Crippen LogP contribution in [-0.4, -0.2) is 22.8 Å². The standard InChI is InChI=1S/C29H32N2O2/c1-5-9-22-14-20(4)15-28(32)26(22)18-30-29(33)25-16-23(21-10-7-6-8-11-21)17-27-24(25)12-13-31(27)19(2)3/h6-8,10-14,16-17,19H,5,9,15,18H2,1-4H3,(H,30,33). The van der Waals surface area contributed by atoms with Crippen LogP contribution in [-0.2, 0) is 4.79 Å². The number of aromatic nitrogens is 1. The highest BCUT2D eigenvalue weighted by Gasteiger charge is 2.21. The summed E-state index contributed by atoms with van der Waals surface area (Å²) in [6.45, 7) is 8.64. The number of carbonyl (C=O) groups is 2. The largest absolute Gasteiger partial charge is 0.348 e. The first-order chi connectivity index (χ1) is 15.9. The average molecular weight is 441 g/mol. The van der Waals surface area contributed by atoms with Crippen molar-refractivity contribution in [2.75, 3.05) is 6.54 Å². The van der Waals surface area contributed by atoms with E-state index < -0.39 is 0 Å². The van der Waals surface area contributed by atoms with Gasteiger partial charge in [0.2, 0.25) is 0 Å². The van der Waals surface area contributed by atoms with Crippen LogP contribution in [0.2, 0.25) is 0 Å². The summed E-state index contributed by atoms with van der Waals surface area (Å²) in [5.74, 6) is -0.0328. The molecule has 1 aliphatic rings. The molecule has 1 heterocycles. The van der Waals surface area contributed by atoms with Crippen LogP contribution in [0.5, 0.6) is 0 Å². The van der Waals surface area contributed by atoms with E-state index >= 15 is 0 Å². The third kappa shape index (κ3) is 4.70. The highest BCUT2D eigenvalue weighted by Crippen LogP contribution is 2.31. The molecule has 1 N–H and O–H groups in total. The Kier molecular flexibility index (Phi) is 6.64. The number of nitrogens with zero attached hydrogens (tertiary/aromatic N) is 1. The average Bonchev–Trinajstić information content (AvgIpc) is 3.23. The number of hydrogen-bond acceptors (Lipinski definition) is 2. The van der Waals surface area contributed by atoms with Crippen LogP contribution in [0.15, 0.2) is 77.5 Å². The Hall–Kier alpha value is -3.40. The fourth-order valence-corrected chi connectivity index (χ4v) is 4.64. The lowest BCUT2D eigenvalue weighted by Gasteiger charge is -2.18. The molecule has 3 aromatic rings. The number of benzene rings is 2. The van der Waals surface area contributed by atoms with E-state index in [1.165, 1.54) is 0 Å². The zero-order valence-electron chi connectivity index (χ0n) is 19.9. The number of hydrogen-bond donors (Lipinski definition) is 1. The van der Waals surface area contributed by atoms with Crippen molar-refractivity contribution in [2.45, 2.75) is 53.0 Å². The van der Waals surface area contributed by atoms with Gasteiger partial charge in [0.05, 0.1) is 0 Å². The van der Waals surface area contributed by atoms with Gasteiger partial charge in [-0.1, -0.05) is 55.3 Å². The summed E-state index contributed by atoms with van der Waals surface area (Å²) < 4.78 is 2.19. The summed E-state index contributed by atoms with van der Waals surface area (Å²) in [5.41, 5.74) is 6.64. The van der Waals surface area contributed by atoms with E-state index in [2.05, 4.69) is 54.9 Å². The minimum Gasteiger partial charge on any atom is -0.348 e. The molecule has 4 heteroatoms. The van der Waals surface area contributed by atoms with Crippen molar-refractivity contribution < 1.29 is 9.59 Å². The molecule has 1 aliphatic carbocycles. The summed E-state index contributed by atoms with van der Waals surface area (Å²) >= 11 is 0. The summed E-state index contributed by atoms with van der Waals surface area (Å²) in [6, 6.07) is 16.5. The van der Waals surface area contributed by atoms with Crippen LogP contribution in [0.25, 0.3) is 22.0 Å². The molecule has 1 amide bonds. The molecule has 170 valence electrons. The second-order valence-electron chi connectivity index (χ2n) is 9.17. The topological polar surface area (TPSA) is 51.1 Å². The lowest BCUT2D eigenvalue weighted by Crippen LogP contribution is -2.29. The predicted octanol–water partition coefficient (Wildman–Crippen LogP) is 6.63. The Morgan fingerprint density at radius 3 is 2.55 bits per heavy atom. The minimum atomic E-state index is -0.151. The van der Waals surface area contributed by atoms with Gasteiger partial charge in [-0.25, -0.2) is 0 Å². The Morgan fingerprint density at radius 1 is 1.09 bits per heavy atom. The molecular formula is C29H32N2O2. The Morgan fingerprint density at radius 2 is 1.85 bits per heavy atom. The molecule has 0 bridgehead atoms. The van der Waals surface area contributed by atoms with Crippen molar-refractivity contribution in [3.8, 4) is 11.1 Å². The first-order valence-electron chi connectivity index (χ1n) is 11.8. The molecule has 0 saturated carbocycles. The van der Waals surface area contributed by atoms with E-state index in [1.807, 2.05) is 43.5 Å². The molecule has 0 aliphatic heterocycles. The van der Waals surface area contributed by atoms with Crippen LogP contribution in [0.4, 0.5) is 0 Å². The van der Waals surface area contributed by atoms with Gasteiger partial charge in [-0.2, -0.15) is 0 Å². The second-order valence-corrected chi connectivity index (χ2v) is 9.17. The van der Waals surface area contributed by atoms with E-state index in [-0.39, 0.29) is 24.3 Å². The van der Waals surface area contributed by atoms with Crippen molar-refractivity contribution in [3.05, 3.63) is 83.1 Å². The van der Waals surface area contributed by atoms with Crippen molar-refractivity contribution in [2.24, 2.45) is 0 Å². The van der Waals surface area contributed by atoms with E-state index in [0.717, 1.165) is 51.6 Å². The predicted molar refractivity (Wildman–Crippen MR) is 135 cm³/mol. The van der Waals surface area contributed by atoms with Gasteiger partial charge < -0.3 is 9.88 Å². The van der Waals surface area contributed by atoms with E-state index in [4.69, 9.17) is 0 Å². The van der Waals surface area contributed by atoms with Crippen molar-refractivity contribution >= 4 is 22.6 Å². The van der Waals surface area contributed by atoms with E-state index in [1.54, 1.807) is 0 Å². The second kappa shape index (κ2) is 9.62. The summed E-state index contributed by atoms with van der Waals surface area (Å²) in [7, 11) is 0. The number of fused-ring (bicyclic) bond motifs is 1. The first kappa shape index (κ1) is 22.8. The third-order valence-electron chi connectivity index (χ3n) is 6.28. The summed E-state index contributed by atoms with van der Waals surface area (Å²) in [4.78, 5) is 26.1. The number of ketones is 1. The third-order valence-corrected chi connectivity index (χ3v) is 6.28. The monoisotopic (exact) mass is 440 g/mol. The molecule has 4 nitrogen and oxygen atoms in total. The Balaban J connectivity index is 1.72. The van der Waals surface area contributed by atoms with Crippen LogP contribution in [0, 0.1) is 0 Å². The van der Waals surface area contributed by atoms with E-state index in [9.17, 15) is 9.59 Å². The van der Waals surface area contributed by atoms with Crippen molar-refractivity contribution in [3.63, 3.8) is 0 Å². The van der Waals surface area contributed by atoms with Crippen LogP contribution >= 0.6 is 0 Å². The number of Topliss-reactive ketones (excluding diaryl/α,β-unsaturated/α-hetero) is 1. The molecule has 2 aromatic carbocycles. The maximum atomic E-state index is 13.4. The molecule has 0 radical (unpaired) electrons. The molecule has 0 atom stereocenters. The molecule has 4 rings (SSSR count). The van der Waals surface area contributed by atoms with Crippen LogP contribution in [0.3, 0.4) is 0 Å². The smallest absolute Gasteiger partial charge is 0.252 e. The maximum absolute atomic E-state index is 13.4. The SMILES string of the molecule is CCCC1=C(CNC(=O)c2cc(-c3ccccc3)cc3c2ccn3C(C)C)C(=O)CC(C)=C1. The molecule has 33 heavy (non-hydrogen) atoms. The summed E-state index contributed by atoms with van der Waals surface area (Å²) in [6.07, 6.45) is 6.40. The molecule has 0 unspecified atom stereocenters. The quantitative estimate of drug-likeness (QED) is 0.448. The highest BCUT2D eigenvalue weighted by molar-refractivity contribution is 6.09. The molecule has 0 fully saturated rings. The zero-order valence-corrected chi connectivity index (χ0v) is 19.9. The molecular weight excluding hydrogens is 408 g/mol. The van der Waals surface area contributed by atoms with Gasteiger partial charge in [0, 0.05) is 47.2 Å². The molecule has 1 aromatic heterocycles. The fraction of sp³-hybridized carbons (Fsp3) is 0.310. The lowest BCUT2D eigenvalue weighted by molar-refractivity contribution is -0.115. The maximum Gasteiger partial charge on any atom is 0.252 e. The van der Waals surface area contributed by atoms with E-state index in [0.29, 0.717) is 12.0 Å². The van der Waals surface area contributed by atoms with Gasteiger partial charge in [0.25, 0.3) is 5.91 Å². The summed E-state index contributed by atoms with van der Waals surface area (Å²) in [5, 5.41) is 3.98.